The quantitative estimate of drug-likeness (QED) is 0.453. The van der Waals surface area contributed by atoms with Gasteiger partial charge in [-0.2, -0.15) is 0 Å². The fraction of sp³-hybridized carbons (Fsp3) is 0.652. The van der Waals surface area contributed by atoms with Crippen LogP contribution in [-0.2, 0) is 9.53 Å². The summed E-state index contributed by atoms with van der Waals surface area (Å²) in [5.74, 6) is -0.471. The number of nitrogens with zero attached hydrogens (tertiary/aromatic N) is 1. The monoisotopic (exact) mass is 423 g/mol. The molecule has 0 aromatic heterocycles. The molecule has 0 aliphatic carbocycles. The summed E-state index contributed by atoms with van der Waals surface area (Å²) in [4.78, 5) is 26.0. The Kier molecular flexibility index (Phi) is 8.97. The van der Waals surface area contributed by atoms with Gasteiger partial charge >= 0.3 is 5.97 Å². The molecule has 1 unspecified atom stereocenters. The van der Waals surface area contributed by atoms with Crippen LogP contribution in [0.25, 0.3) is 0 Å². The van der Waals surface area contributed by atoms with Crippen LogP contribution in [0.2, 0.25) is 5.02 Å². The van der Waals surface area contributed by atoms with Crippen molar-refractivity contribution in [3.8, 4) is 0 Å². The van der Waals surface area contributed by atoms with Crippen LogP contribution in [0.15, 0.2) is 12.1 Å². The smallest absolute Gasteiger partial charge is 0.340 e. The van der Waals surface area contributed by atoms with Gasteiger partial charge in [-0.1, -0.05) is 18.5 Å². The van der Waals surface area contributed by atoms with Gasteiger partial charge in [0.1, 0.15) is 0 Å². The van der Waals surface area contributed by atoms with Gasteiger partial charge in [-0.15, -0.1) is 0 Å². The largest absolute Gasteiger partial charge is 0.462 e. The maximum atomic E-state index is 13.5. The third-order valence-electron chi connectivity index (χ3n) is 6.16. The van der Waals surface area contributed by atoms with E-state index in [4.69, 9.17) is 16.3 Å². The van der Waals surface area contributed by atoms with Crippen molar-refractivity contribution in [3.63, 3.8) is 0 Å². The average molecular weight is 424 g/mol. The summed E-state index contributed by atoms with van der Waals surface area (Å²) < 4.78 is 6.02. The van der Waals surface area contributed by atoms with E-state index in [2.05, 4.69) is 19.2 Å². The normalized spacial score (nSPS) is 17.3. The van der Waals surface area contributed by atoms with Gasteiger partial charge in [0.25, 0.3) is 5.91 Å². The minimum Gasteiger partial charge on any atom is -0.462 e. The Morgan fingerprint density at radius 1 is 1.14 bits per heavy atom. The van der Waals surface area contributed by atoms with E-state index in [0.29, 0.717) is 16.3 Å². The summed E-state index contributed by atoms with van der Waals surface area (Å²) in [6, 6.07) is 3.23. The Balaban J connectivity index is 2.38. The lowest BCUT2D eigenvalue weighted by molar-refractivity contribution is -0.940. The van der Waals surface area contributed by atoms with Gasteiger partial charge in [-0.05, 0) is 70.6 Å². The second-order valence-electron chi connectivity index (χ2n) is 8.06. The molecule has 1 aromatic rings. The fourth-order valence-corrected chi connectivity index (χ4v) is 4.85. The number of carbonyl (C=O) groups is 2. The van der Waals surface area contributed by atoms with Gasteiger partial charge in [0.2, 0.25) is 0 Å². The summed E-state index contributed by atoms with van der Waals surface area (Å²) in [6.07, 6.45) is 6.59. The van der Waals surface area contributed by atoms with Gasteiger partial charge < -0.3 is 14.5 Å². The van der Waals surface area contributed by atoms with Crippen molar-refractivity contribution in [2.75, 3.05) is 31.6 Å². The summed E-state index contributed by atoms with van der Waals surface area (Å²) in [5, 5.41) is 3.55. The zero-order chi connectivity index (χ0) is 21.4. The van der Waals surface area contributed by atoms with Gasteiger partial charge in [0.05, 0.1) is 37.5 Å². The molecule has 29 heavy (non-hydrogen) atoms. The van der Waals surface area contributed by atoms with E-state index in [0.717, 1.165) is 55.4 Å². The predicted octanol–water partition coefficient (Wildman–Crippen LogP) is 5.34. The van der Waals surface area contributed by atoms with Crippen molar-refractivity contribution in [1.29, 1.82) is 0 Å². The molecule has 1 fully saturated rings. The van der Waals surface area contributed by atoms with Crippen molar-refractivity contribution in [3.05, 3.63) is 28.3 Å². The number of aryl methyl sites for hydroxylation is 1. The van der Waals surface area contributed by atoms with E-state index in [1.807, 2.05) is 6.92 Å². The number of carbonyl (C=O) groups excluding carboxylic acids is 2. The van der Waals surface area contributed by atoms with Crippen molar-refractivity contribution in [2.45, 2.75) is 72.3 Å². The number of esters is 1. The molecule has 0 spiro atoms. The van der Waals surface area contributed by atoms with Crippen molar-refractivity contribution >= 4 is 29.2 Å². The van der Waals surface area contributed by atoms with E-state index in [1.165, 1.54) is 12.8 Å². The molecular weight excluding hydrogens is 388 g/mol. The number of nitrogens with one attached hydrogen (secondary N) is 1. The van der Waals surface area contributed by atoms with Crippen molar-refractivity contribution in [1.82, 2.24) is 0 Å². The molecule has 1 N–H and O–H groups in total. The number of hydrogen-bond donors (Lipinski definition) is 1. The number of likely N-dealkylation sites (tertiary alicyclic amines) is 1. The third kappa shape index (κ3) is 5.73. The lowest BCUT2D eigenvalue weighted by Crippen LogP contribution is -2.60. The zero-order valence-corrected chi connectivity index (χ0v) is 19.1. The summed E-state index contributed by atoms with van der Waals surface area (Å²) in [5.41, 5.74) is 1.60. The van der Waals surface area contributed by atoms with Gasteiger partial charge in [-0.3, -0.25) is 4.79 Å². The average Bonchev–Trinajstić information content (AvgIpc) is 2.94. The number of anilines is 1. The third-order valence-corrected chi connectivity index (χ3v) is 6.37. The van der Waals surface area contributed by atoms with Crippen LogP contribution in [0.5, 0.6) is 0 Å². The van der Waals surface area contributed by atoms with Crippen LogP contribution in [-0.4, -0.2) is 48.6 Å². The van der Waals surface area contributed by atoms with Crippen LogP contribution in [0.3, 0.4) is 0 Å². The first-order chi connectivity index (χ1) is 13.9. The molecular formula is C23H36ClN2O3+. The number of hydrogen-bond acceptors (Lipinski definition) is 3. The minimum absolute atomic E-state index is 0.00780. The van der Waals surface area contributed by atoms with Crippen molar-refractivity contribution < 1.29 is 18.8 Å². The van der Waals surface area contributed by atoms with E-state index in [1.54, 1.807) is 19.1 Å². The predicted molar refractivity (Wildman–Crippen MR) is 118 cm³/mol. The van der Waals surface area contributed by atoms with Crippen LogP contribution in [0.4, 0.5) is 5.69 Å². The van der Waals surface area contributed by atoms with E-state index >= 15 is 0 Å². The molecule has 5 nitrogen and oxygen atoms in total. The Bertz CT molecular complexity index is 712. The lowest BCUT2D eigenvalue weighted by atomic mass is 10.0. The number of benzene rings is 1. The Morgan fingerprint density at radius 3 is 2.34 bits per heavy atom. The topological polar surface area (TPSA) is 55.4 Å². The number of rotatable bonds is 8. The molecule has 1 saturated heterocycles. The molecule has 0 saturated carbocycles. The van der Waals surface area contributed by atoms with Crippen LogP contribution >= 0.6 is 11.6 Å². The van der Waals surface area contributed by atoms with E-state index in [9.17, 15) is 9.59 Å². The maximum Gasteiger partial charge on any atom is 0.340 e. The summed E-state index contributed by atoms with van der Waals surface area (Å²) >= 11 is 6.18. The molecule has 6 heteroatoms. The molecule has 2 rings (SSSR count). The summed E-state index contributed by atoms with van der Waals surface area (Å²) in [6.45, 7) is 11.2. The Labute approximate surface area is 180 Å². The number of amides is 1. The minimum atomic E-state index is -0.463. The highest BCUT2D eigenvalue weighted by molar-refractivity contribution is 6.31. The molecule has 1 aliphatic rings. The Hall–Kier alpha value is -1.59. The number of ether oxygens (including phenoxy) is 1. The van der Waals surface area contributed by atoms with Crippen LogP contribution in [0, 0.1) is 6.92 Å². The summed E-state index contributed by atoms with van der Waals surface area (Å²) in [7, 11) is 0. The Morgan fingerprint density at radius 2 is 1.79 bits per heavy atom. The SMILES string of the molecule is CCCC(C(=O)Nc1c(C)cc(Cl)cc1C(=O)OCC)[N+]1(CC)CCCCCC1. The highest BCUT2D eigenvalue weighted by atomic mass is 35.5. The number of likely N-dealkylation sites (N-methyl/N-ethyl adjacent to an activating group) is 1. The van der Waals surface area contributed by atoms with Gasteiger partial charge in [0.15, 0.2) is 6.04 Å². The number of halogens is 1. The van der Waals surface area contributed by atoms with Gasteiger partial charge in [0, 0.05) is 11.4 Å². The molecule has 1 heterocycles. The molecule has 1 amide bonds. The maximum absolute atomic E-state index is 13.5. The molecule has 0 bridgehead atoms. The first-order valence-electron chi connectivity index (χ1n) is 11.0. The van der Waals surface area contributed by atoms with Crippen molar-refractivity contribution in [2.24, 2.45) is 0 Å². The highest BCUT2D eigenvalue weighted by Crippen LogP contribution is 2.30. The first-order valence-corrected chi connectivity index (χ1v) is 11.4. The molecule has 1 aromatic carbocycles. The second-order valence-corrected chi connectivity index (χ2v) is 8.49. The lowest BCUT2D eigenvalue weighted by Gasteiger charge is -2.43. The molecule has 162 valence electrons. The second kappa shape index (κ2) is 11.0. The molecule has 1 aliphatic heterocycles. The van der Waals surface area contributed by atoms with Gasteiger partial charge in [-0.25, -0.2) is 4.79 Å². The van der Waals surface area contributed by atoms with Crippen LogP contribution in [0.1, 0.15) is 75.2 Å². The molecule has 1 atom stereocenters. The first kappa shape index (κ1) is 23.7. The fourth-order valence-electron chi connectivity index (χ4n) is 4.58. The van der Waals surface area contributed by atoms with E-state index < -0.39 is 5.97 Å². The zero-order valence-electron chi connectivity index (χ0n) is 18.4. The number of quaternary nitrogens is 1. The van der Waals surface area contributed by atoms with E-state index in [-0.39, 0.29) is 18.6 Å². The van der Waals surface area contributed by atoms with Crippen LogP contribution < -0.4 is 5.32 Å². The highest BCUT2D eigenvalue weighted by Gasteiger charge is 2.40. The molecule has 0 radical (unpaired) electrons. The standard InChI is InChI=1S/C23H35ClN2O3/c1-5-12-20(26(6-2)13-10-8-9-11-14-26)22(27)25-21-17(4)15-18(24)16-19(21)23(28)29-7-3/h15-16,20H,5-14H2,1-4H3/p+1.